The Morgan fingerprint density at radius 2 is 1.85 bits per heavy atom. The van der Waals surface area contributed by atoms with Crippen LogP contribution in [0.4, 0.5) is 0 Å². The maximum atomic E-state index is 12.8. The van der Waals surface area contributed by atoms with Crippen molar-refractivity contribution in [2.45, 2.75) is 70.1 Å². The number of H-pyrrole nitrogens is 1. The number of imidazole rings is 1. The number of nitrogens with one attached hydrogen (secondary N) is 1. The summed E-state index contributed by atoms with van der Waals surface area (Å²) < 4.78 is 5.23. The minimum Gasteiger partial charge on any atom is -0.321 e. The zero-order valence-electron chi connectivity index (χ0n) is 19.3. The van der Waals surface area contributed by atoms with Gasteiger partial charge >= 0.3 is 5.69 Å². The van der Waals surface area contributed by atoms with Gasteiger partial charge in [0.1, 0.15) is 5.82 Å². The lowest BCUT2D eigenvalue weighted by Gasteiger charge is -2.19. The Bertz CT molecular complexity index is 1360. The van der Waals surface area contributed by atoms with Gasteiger partial charge in [0.15, 0.2) is 11.2 Å². The number of tetrazole rings is 1. The van der Waals surface area contributed by atoms with E-state index < -0.39 is 11.2 Å². The van der Waals surface area contributed by atoms with Crippen molar-refractivity contribution in [1.82, 2.24) is 39.3 Å². The van der Waals surface area contributed by atoms with Gasteiger partial charge in [0.05, 0.1) is 17.8 Å². The van der Waals surface area contributed by atoms with Crippen molar-refractivity contribution in [1.29, 1.82) is 0 Å². The molecule has 0 aliphatic rings. The second kappa shape index (κ2) is 9.34. The van der Waals surface area contributed by atoms with Gasteiger partial charge in [-0.25, -0.2) is 14.5 Å². The average Bonchev–Trinajstić information content (AvgIpc) is 3.39. The molecule has 4 rings (SSSR count). The Morgan fingerprint density at radius 3 is 2.55 bits per heavy atom. The van der Waals surface area contributed by atoms with Crippen molar-refractivity contribution < 1.29 is 0 Å². The fourth-order valence-corrected chi connectivity index (χ4v) is 4.62. The van der Waals surface area contributed by atoms with E-state index in [-0.39, 0.29) is 5.54 Å². The largest absolute Gasteiger partial charge is 0.330 e. The number of nitrogens with zero attached hydrogens (tertiary/aromatic N) is 7. The normalized spacial score (nSPS) is 12.0. The van der Waals surface area contributed by atoms with E-state index >= 15 is 0 Å². The second-order valence-electron chi connectivity index (χ2n) is 8.87. The van der Waals surface area contributed by atoms with Crippen LogP contribution in [-0.2, 0) is 24.4 Å². The Balaban J connectivity index is 1.78. The van der Waals surface area contributed by atoms with Gasteiger partial charge in [-0.15, -0.1) is 5.10 Å². The van der Waals surface area contributed by atoms with Crippen LogP contribution >= 0.6 is 11.8 Å². The van der Waals surface area contributed by atoms with E-state index in [1.165, 1.54) is 16.3 Å². The molecule has 3 aromatic heterocycles. The van der Waals surface area contributed by atoms with Crippen LogP contribution in [0.25, 0.3) is 11.2 Å². The summed E-state index contributed by atoms with van der Waals surface area (Å²) in [4.78, 5) is 32.8. The minimum absolute atomic E-state index is 0.262. The molecule has 0 amide bonds. The molecule has 33 heavy (non-hydrogen) atoms. The summed E-state index contributed by atoms with van der Waals surface area (Å²) in [6.45, 7) is 9.16. The number of hydrogen-bond donors (Lipinski definition) is 1. The van der Waals surface area contributed by atoms with Gasteiger partial charge in [-0.3, -0.25) is 14.3 Å². The van der Waals surface area contributed by atoms with Crippen molar-refractivity contribution in [2.75, 3.05) is 0 Å². The van der Waals surface area contributed by atoms with Gasteiger partial charge in [-0.2, -0.15) is 0 Å². The molecule has 11 heteroatoms. The molecule has 0 saturated carbocycles. The van der Waals surface area contributed by atoms with Crippen LogP contribution in [0.1, 0.15) is 51.9 Å². The molecule has 1 aromatic carbocycles. The first-order valence-electron chi connectivity index (χ1n) is 11.0. The van der Waals surface area contributed by atoms with E-state index in [2.05, 4.69) is 27.4 Å². The third-order valence-corrected chi connectivity index (χ3v) is 6.21. The van der Waals surface area contributed by atoms with Crippen LogP contribution < -0.4 is 11.2 Å². The highest BCUT2D eigenvalue weighted by Crippen LogP contribution is 2.26. The predicted molar refractivity (Wildman–Crippen MR) is 127 cm³/mol. The number of aromatic amines is 1. The molecule has 174 valence electrons. The number of aromatic nitrogens is 8. The maximum absolute atomic E-state index is 12.8. The number of thioether (sulfide) groups is 1. The molecular weight excluding hydrogens is 440 g/mol. The summed E-state index contributed by atoms with van der Waals surface area (Å²) in [5, 5.41) is 12.8. The third kappa shape index (κ3) is 4.77. The number of unbranched alkanes of at least 4 members (excludes halogenated alkanes) is 1. The first kappa shape index (κ1) is 23.0. The summed E-state index contributed by atoms with van der Waals surface area (Å²) in [5.41, 5.74) is 0.628. The van der Waals surface area contributed by atoms with E-state index in [1.54, 1.807) is 4.68 Å². The number of hydrogen-bond acceptors (Lipinski definition) is 7. The molecule has 0 spiro atoms. The van der Waals surface area contributed by atoms with E-state index in [9.17, 15) is 9.59 Å². The number of rotatable bonds is 8. The molecule has 0 fully saturated rings. The molecule has 0 radical (unpaired) electrons. The van der Waals surface area contributed by atoms with Crippen molar-refractivity contribution in [3.05, 3.63) is 62.6 Å². The van der Waals surface area contributed by atoms with Crippen LogP contribution in [0, 0.1) is 0 Å². The highest BCUT2D eigenvalue weighted by Gasteiger charge is 2.22. The monoisotopic (exact) mass is 468 g/mol. The first-order chi connectivity index (χ1) is 15.8. The van der Waals surface area contributed by atoms with E-state index in [4.69, 9.17) is 4.98 Å². The fourth-order valence-electron chi connectivity index (χ4n) is 3.62. The molecule has 1 N–H and O–H groups in total. The fraction of sp³-hybridized carbons (Fsp3) is 0.455. The van der Waals surface area contributed by atoms with Crippen LogP contribution in [0.3, 0.4) is 0 Å². The molecule has 0 unspecified atom stereocenters. The Hall–Kier alpha value is -3.21. The number of benzene rings is 1. The second-order valence-corrected chi connectivity index (χ2v) is 9.81. The molecule has 0 atom stereocenters. The molecule has 0 aliphatic heterocycles. The van der Waals surface area contributed by atoms with E-state index in [0.717, 1.165) is 18.4 Å². The highest BCUT2D eigenvalue weighted by atomic mass is 32.2. The van der Waals surface area contributed by atoms with Gasteiger partial charge < -0.3 is 4.57 Å². The van der Waals surface area contributed by atoms with Crippen molar-refractivity contribution in [2.24, 2.45) is 0 Å². The number of aryl methyl sites for hydroxylation is 1. The zero-order chi connectivity index (χ0) is 23.6. The van der Waals surface area contributed by atoms with Gasteiger partial charge in [0.25, 0.3) is 5.56 Å². The standard InChI is InChI=1S/C22H28N8O2S/c1-5-6-12-28-16(14-33-21-25-26-27-30(21)22(2,3)4)23-18-17(28)19(31)24-20(32)29(18)13-15-10-8-7-9-11-15/h7-11H,5-6,12-14H2,1-4H3,(H,24,31,32). The van der Waals surface area contributed by atoms with Gasteiger partial charge in [0.2, 0.25) is 5.16 Å². The minimum atomic E-state index is -0.465. The summed E-state index contributed by atoms with van der Waals surface area (Å²) >= 11 is 1.46. The lowest BCUT2D eigenvalue weighted by molar-refractivity contribution is 0.321. The Kier molecular flexibility index (Phi) is 6.50. The van der Waals surface area contributed by atoms with Crippen LogP contribution in [-0.4, -0.2) is 39.3 Å². The quantitative estimate of drug-likeness (QED) is 0.395. The van der Waals surface area contributed by atoms with Gasteiger partial charge in [0, 0.05) is 6.54 Å². The molecule has 3 heterocycles. The average molecular weight is 469 g/mol. The molecule has 10 nitrogen and oxygen atoms in total. The maximum Gasteiger partial charge on any atom is 0.330 e. The third-order valence-electron chi connectivity index (χ3n) is 5.29. The molecular formula is C22H28N8O2S. The summed E-state index contributed by atoms with van der Waals surface area (Å²) in [6, 6.07) is 9.66. The van der Waals surface area contributed by atoms with Crippen molar-refractivity contribution in [3.63, 3.8) is 0 Å². The molecule has 0 aliphatic carbocycles. The Morgan fingerprint density at radius 1 is 1.09 bits per heavy atom. The van der Waals surface area contributed by atoms with Crippen molar-refractivity contribution >= 4 is 22.9 Å². The first-order valence-corrected chi connectivity index (χ1v) is 12.0. The SMILES string of the molecule is CCCCn1c(CSc2nnnn2C(C)(C)C)nc2c1c(=O)[nH]c(=O)n2Cc1ccccc1. The lowest BCUT2D eigenvalue weighted by atomic mass is 10.1. The topological polar surface area (TPSA) is 116 Å². The predicted octanol–water partition coefficient (Wildman–Crippen LogP) is 2.77. The summed E-state index contributed by atoms with van der Waals surface area (Å²) in [6.07, 6.45) is 1.86. The highest BCUT2D eigenvalue weighted by molar-refractivity contribution is 7.98. The molecule has 4 aromatic rings. The zero-order valence-corrected chi connectivity index (χ0v) is 20.1. The van der Waals surface area contributed by atoms with E-state index in [0.29, 0.717) is 41.0 Å². The van der Waals surface area contributed by atoms with E-state index in [1.807, 2.05) is 55.7 Å². The van der Waals surface area contributed by atoms with Crippen LogP contribution in [0.5, 0.6) is 0 Å². The number of fused-ring (bicyclic) bond motifs is 1. The van der Waals surface area contributed by atoms with Crippen molar-refractivity contribution in [3.8, 4) is 0 Å². The summed E-state index contributed by atoms with van der Waals surface area (Å²) in [5.74, 6) is 1.18. The lowest BCUT2D eigenvalue weighted by Crippen LogP contribution is -2.31. The molecule has 0 bridgehead atoms. The van der Waals surface area contributed by atoms with Gasteiger partial charge in [-0.1, -0.05) is 55.4 Å². The van der Waals surface area contributed by atoms with Crippen LogP contribution in [0.15, 0.2) is 45.1 Å². The smallest absolute Gasteiger partial charge is 0.321 e. The Labute approximate surface area is 195 Å². The summed E-state index contributed by atoms with van der Waals surface area (Å²) in [7, 11) is 0. The van der Waals surface area contributed by atoms with Crippen LogP contribution in [0.2, 0.25) is 0 Å². The molecule has 0 saturated heterocycles. The van der Waals surface area contributed by atoms with Gasteiger partial charge in [-0.05, 0) is 43.2 Å².